The number of hydrogen-bond donors (Lipinski definition) is 1. The van der Waals surface area contributed by atoms with E-state index in [9.17, 15) is 14.9 Å². The summed E-state index contributed by atoms with van der Waals surface area (Å²) in [6.07, 6.45) is 3.01. The minimum Gasteiger partial charge on any atom is -0.366 e. The van der Waals surface area contributed by atoms with Gasteiger partial charge in [0.15, 0.2) is 0 Å². The third-order valence-corrected chi connectivity index (χ3v) is 4.77. The van der Waals surface area contributed by atoms with Crippen LogP contribution in [0.2, 0.25) is 0 Å². The molecular formula is C16H22N4O3. The number of amides is 1. The molecule has 2 saturated heterocycles. The average molecular weight is 318 g/mol. The third kappa shape index (κ3) is 3.14. The molecule has 1 unspecified atom stereocenters. The van der Waals surface area contributed by atoms with Gasteiger partial charge >= 0.3 is 0 Å². The average Bonchev–Trinajstić information content (AvgIpc) is 3.25. The van der Waals surface area contributed by atoms with Crippen LogP contribution in [0.1, 0.15) is 29.6 Å². The Kier molecular flexibility index (Phi) is 4.47. The Hall–Kier alpha value is -2.15. The molecule has 2 fully saturated rings. The number of nitrogens with zero attached hydrogens (tertiary/aromatic N) is 3. The zero-order chi connectivity index (χ0) is 16.4. The van der Waals surface area contributed by atoms with Crippen molar-refractivity contribution in [2.75, 3.05) is 38.1 Å². The molecule has 0 saturated carbocycles. The molecule has 0 spiro atoms. The molecule has 1 atom stereocenters. The lowest BCUT2D eigenvalue weighted by atomic mass is 10.1. The molecular weight excluding hydrogens is 296 g/mol. The van der Waals surface area contributed by atoms with Crippen molar-refractivity contribution in [2.45, 2.75) is 25.3 Å². The Bertz CT molecular complexity index is 607. The monoisotopic (exact) mass is 318 g/mol. The zero-order valence-electron chi connectivity index (χ0n) is 13.3. The van der Waals surface area contributed by atoms with Gasteiger partial charge in [-0.3, -0.25) is 14.9 Å². The van der Waals surface area contributed by atoms with Crippen molar-refractivity contribution >= 4 is 17.3 Å². The van der Waals surface area contributed by atoms with E-state index in [0.29, 0.717) is 11.3 Å². The fraction of sp³-hybridized carbons (Fsp3) is 0.562. The van der Waals surface area contributed by atoms with Gasteiger partial charge in [0.1, 0.15) is 5.69 Å². The number of benzene rings is 1. The summed E-state index contributed by atoms with van der Waals surface area (Å²) in [6, 6.07) is 5.01. The van der Waals surface area contributed by atoms with Crippen LogP contribution in [-0.4, -0.2) is 55.0 Å². The number of carbonyl (C=O) groups is 1. The van der Waals surface area contributed by atoms with Crippen LogP contribution in [0, 0.1) is 10.1 Å². The van der Waals surface area contributed by atoms with E-state index in [4.69, 9.17) is 0 Å². The molecule has 0 bridgehead atoms. The maximum absolute atomic E-state index is 12.6. The second-order valence-electron chi connectivity index (χ2n) is 6.22. The van der Waals surface area contributed by atoms with Gasteiger partial charge in [0, 0.05) is 44.4 Å². The van der Waals surface area contributed by atoms with Crippen molar-refractivity contribution in [3.05, 3.63) is 33.9 Å². The summed E-state index contributed by atoms with van der Waals surface area (Å²) in [5.41, 5.74) is 1.03. The molecule has 2 heterocycles. The van der Waals surface area contributed by atoms with Gasteiger partial charge in [0.05, 0.1) is 4.92 Å². The molecule has 0 aromatic heterocycles. The third-order valence-electron chi connectivity index (χ3n) is 4.77. The van der Waals surface area contributed by atoms with Crippen LogP contribution in [0.25, 0.3) is 0 Å². The molecule has 23 heavy (non-hydrogen) atoms. The first kappa shape index (κ1) is 15.7. The molecule has 7 nitrogen and oxygen atoms in total. The molecule has 0 radical (unpaired) electrons. The molecule has 1 aromatic carbocycles. The summed E-state index contributed by atoms with van der Waals surface area (Å²) in [7, 11) is 1.76. The Morgan fingerprint density at radius 2 is 2.13 bits per heavy atom. The highest BCUT2D eigenvalue weighted by atomic mass is 16.6. The Morgan fingerprint density at radius 3 is 2.74 bits per heavy atom. The fourth-order valence-electron chi connectivity index (χ4n) is 3.37. The molecule has 3 rings (SSSR count). The van der Waals surface area contributed by atoms with Crippen molar-refractivity contribution < 1.29 is 9.72 Å². The summed E-state index contributed by atoms with van der Waals surface area (Å²) in [5.74, 6) is -0.158. The standard InChI is InChI=1S/C16H22N4O3/c1-18(13-6-7-17-11-13)16(21)12-4-5-14(15(10-12)20(22)23)19-8-2-3-9-19/h4-5,10,13,17H,2-3,6-9,11H2,1H3. The van der Waals surface area contributed by atoms with Crippen molar-refractivity contribution in [1.82, 2.24) is 10.2 Å². The van der Waals surface area contributed by atoms with Gasteiger partial charge in [-0.25, -0.2) is 0 Å². The van der Waals surface area contributed by atoms with E-state index >= 15 is 0 Å². The number of rotatable bonds is 4. The minimum atomic E-state index is -0.387. The highest BCUT2D eigenvalue weighted by molar-refractivity contribution is 5.96. The van der Waals surface area contributed by atoms with Gasteiger partial charge in [-0.05, 0) is 37.9 Å². The predicted molar refractivity (Wildman–Crippen MR) is 87.9 cm³/mol. The summed E-state index contributed by atoms with van der Waals surface area (Å²) < 4.78 is 0. The van der Waals surface area contributed by atoms with Crippen LogP contribution in [-0.2, 0) is 0 Å². The first-order valence-corrected chi connectivity index (χ1v) is 8.09. The first-order chi connectivity index (χ1) is 11.1. The van der Waals surface area contributed by atoms with Gasteiger partial charge in [-0.2, -0.15) is 0 Å². The number of likely N-dealkylation sites (N-methyl/N-ethyl adjacent to an activating group) is 1. The van der Waals surface area contributed by atoms with E-state index in [-0.39, 0.29) is 22.6 Å². The van der Waals surface area contributed by atoms with Crippen molar-refractivity contribution in [3.8, 4) is 0 Å². The number of anilines is 1. The molecule has 2 aliphatic rings. The minimum absolute atomic E-state index is 0.0238. The van der Waals surface area contributed by atoms with E-state index in [0.717, 1.165) is 45.4 Å². The van der Waals surface area contributed by atoms with Crippen LogP contribution < -0.4 is 10.2 Å². The van der Waals surface area contributed by atoms with Gasteiger partial charge in [0.25, 0.3) is 11.6 Å². The number of hydrogen-bond acceptors (Lipinski definition) is 5. The normalized spacial score (nSPS) is 20.7. The molecule has 1 N–H and O–H groups in total. The van der Waals surface area contributed by atoms with Gasteiger partial charge < -0.3 is 15.1 Å². The summed E-state index contributed by atoms with van der Waals surface area (Å²) in [4.78, 5) is 27.4. The molecule has 1 aromatic rings. The predicted octanol–water partition coefficient (Wildman–Crippen LogP) is 1.63. The lowest BCUT2D eigenvalue weighted by Gasteiger charge is -2.24. The van der Waals surface area contributed by atoms with Crippen LogP contribution in [0.3, 0.4) is 0 Å². The summed E-state index contributed by atoms with van der Waals surface area (Å²) >= 11 is 0. The van der Waals surface area contributed by atoms with Gasteiger partial charge in [0.2, 0.25) is 0 Å². The smallest absolute Gasteiger partial charge is 0.293 e. The van der Waals surface area contributed by atoms with E-state index in [2.05, 4.69) is 5.32 Å². The van der Waals surface area contributed by atoms with Gasteiger partial charge in [-0.1, -0.05) is 0 Å². The number of nitro groups is 1. The van der Waals surface area contributed by atoms with Crippen molar-refractivity contribution in [2.24, 2.45) is 0 Å². The van der Waals surface area contributed by atoms with E-state index in [1.54, 1.807) is 24.1 Å². The largest absolute Gasteiger partial charge is 0.366 e. The quantitative estimate of drug-likeness (QED) is 0.674. The molecule has 2 aliphatic heterocycles. The lowest BCUT2D eigenvalue weighted by Crippen LogP contribution is -2.38. The van der Waals surface area contributed by atoms with Crippen LogP contribution in [0.15, 0.2) is 18.2 Å². The Labute approximate surface area is 135 Å². The first-order valence-electron chi connectivity index (χ1n) is 8.09. The summed E-state index contributed by atoms with van der Waals surface area (Å²) in [6.45, 7) is 3.34. The second-order valence-corrected chi connectivity index (χ2v) is 6.22. The Balaban J connectivity index is 1.86. The molecule has 0 aliphatic carbocycles. The van der Waals surface area contributed by atoms with Crippen LogP contribution >= 0.6 is 0 Å². The zero-order valence-corrected chi connectivity index (χ0v) is 13.3. The van der Waals surface area contributed by atoms with Crippen LogP contribution in [0.5, 0.6) is 0 Å². The SMILES string of the molecule is CN(C(=O)c1ccc(N2CCCC2)c([N+](=O)[O-])c1)C1CCNC1. The number of carbonyl (C=O) groups excluding carboxylic acids is 1. The maximum atomic E-state index is 12.6. The Morgan fingerprint density at radius 1 is 1.39 bits per heavy atom. The van der Waals surface area contributed by atoms with E-state index in [1.807, 2.05) is 4.90 Å². The lowest BCUT2D eigenvalue weighted by molar-refractivity contribution is -0.384. The maximum Gasteiger partial charge on any atom is 0.293 e. The van der Waals surface area contributed by atoms with Gasteiger partial charge in [-0.15, -0.1) is 0 Å². The van der Waals surface area contributed by atoms with Crippen molar-refractivity contribution in [3.63, 3.8) is 0 Å². The fourth-order valence-corrected chi connectivity index (χ4v) is 3.37. The van der Waals surface area contributed by atoms with E-state index in [1.165, 1.54) is 6.07 Å². The number of nitrogens with one attached hydrogen (secondary N) is 1. The topological polar surface area (TPSA) is 78.7 Å². The van der Waals surface area contributed by atoms with Crippen LogP contribution in [0.4, 0.5) is 11.4 Å². The number of nitro benzene ring substituents is 1. The highest BCUT2D eigenvalue weighted by Crippen LogP contribution is 2.32. The molecule has 1 amide bonds. The highest BCUT2D eigenvalue weighted by Gasteiger charge is 2.27. The summed E-state index contributed by atoms with van der Waals surface area (Å²) in [5, 5.41) is 14.6. The molecule has 7 heteroatoms. The molecule has 124 valence electrons. The second kappa shape index (κ2) is 6.54. The van der Waals surface area contributed by atoms with Crippen molar-refractivity contribution in [1.29, 1.82) is 0 Å². The van der Waals surface area contributed by atoms with E-state index < -0.39 is 0 Å².